The van der Waals surface area contributed by atoms with Gasteiger partial charge in [0.15, 0.2) is 36.4 Å². The lowest BCUT2D eigenvalue weighted by molar-refractivity contribution is -0.689. The van der Waals surface area contributed by atoms with Gasteiger partial charge in [-0.15, -0.1) is 23.1 Å². The Morgan fingerprint density at radius 3 is 2.70 bits per heavy atom. The molecule has 2 aliphatic rings. The van der Waals surface area contributed by atoms with Crippen LogP contribution in [0.3, 0.4) is 0 Å². The number of primary amides is 1. The molecule has 1 fully saturated rings. The number of thioether (sulfide) groups is 1. The molecule has 0 radical (unpaired) electrons. The van der Waals surface area contributed by atoms with Crippen LogP contribution in [0.5, 0.6) is 0 Å². The van der Waals surface area contributed by atoms with E-state index in [1.807, 2.05) is 0 Å². The van der Waals surface area contributed by atoms with E-state index < -0.39 is 35.1 Å². The minimum absolute atomic E-state index is 0.00315. The zero-order chi connectivity index (χ0) is 28.4. The van der Waals surface area contributed by atoms with Crippen molar-refractivity contribution in [3.05, 3.63) is 70.4 Å². The smallest absolute Gasteiger partial charge is 0.276 e. The highest BCUT2D eigenvalue weighted by Crippen LogP contribution is 2.40. The van der Waals surface area contributed by atoms with Crippen molar-refractivity contribution in [1.82, 2.24) is 25.4 Å². The maximum Gasteiger partial charge on any atom is 0.276 e. The molecule has 40 heavy (non-hydrogen) atoms. The number of H-pyrrole nitrogens is 1. The fraction of sp³-hybridized carbons (Fsp3) is 0.217. The number of nitrogens with one attached hydrogen (secondary N) is 2. The Morgan fingerprint density at radius 2 is 2.08 bits per heavy atom. The van der Waals surface area contributed by atoms with Crippen molar-refractivity contribution >= 4 is 57.6 Å². The van der Waals surface area contributed by atoms with Crippen molar-refractivity contribution < 1.29 is 33.7 Å². The number of fused-ring (bicyclic) bond motifs is 1. The molecule has 6 N–H and O–H groups in total. The molecule has 17 heteroatoms. The van der Waals surface area contributed by atoms with Gasteiger partial charge in [0, 0.05) is 35.0 Å². The quantitative estimate of drug-likeness (QED) is 0.0876. The van der Waals surface area contributed by atoms with Crippen LogP contribution in [0.4, 0.5) is 5.13 Å². The summed E-state index contributed by atoms with van der Waals surface area (Å²) in [6, 6.07) is 3.66. The van der Waals surface area contributed by atoms with Gasteiger partial charge >= 0.3 is 0 Å². The average Bonchev–Trinajstić information content (AvgIpc) is 3.61. The Balaban J connectivity index is 1.32. The third-order valence-corrected chi connectivity index (χ3v) is 8.00. The third kappa shape index (κ3) is 5.36. The maximum atomic E-state index is 13.2. The lowest BCUT2D eigenvalue weighted by atomic mass is 10.0. The van der Waals surface area contributed by atoms with Crippen LogP contribution in [0.25, 0.3) is 0 Å². The van der Waals surface area contributed by atoms with E-state index >= 15 is 0 Å². The monoisotopic (exact) mass is 583 g/mol. The molecule has 1 saturated heterocycles. The Labute approximate surface area is 233 Å². The van der Waals surface area contributed by atoms with E-state index in [0.717, 1.165) is 16.2 Å². The van der Waals surface area contributed by atoms with Gasteiger partial charge < -0.3 is 31.5 Å². The van der Waals surface area contributed by atoms with E-state index in [4.69, 9.17) is 16.3 Å². The number of thiazole rings is 1. The molecule has 0 saturated carbocycles. The third-order valence-electron chi connectivity index (χ3n) is 5.99. The number of pyridine rings is 1. The molecule has 206 valence electrons. The minimum Gasteiger partial charge on any atom is -0.543 e. The molecule has 2 atom stereocenters. The summed E-state index contributed by atoms with van der Waals surface area (Å²) >= 11 is 2.39. The number of β-lactam (4-membered cyclic amide) rings is 1. The molecular formula is C23H21N9O6S2. The molecule has 3 aromatic heterocycles. The number of rotatable bonds is 10. The second kappa shape index (κ2) is 11.1. The summed E-state index contributed by atoms with van der Waals surface area (Å²) in [5, 5.41) is 26.2. The lowest BCUT2D eigenvalue weighted by Crippen LogP contribution is -2.71. The number of nitrogens with zero attached hydrogens (tertiary/aromatic N) is 5. The number of aromatic nitrogens is 4. The van der Waals surface area contributed by atoms with Crippen LogP contribution >= 0.6 is 23.1 Å². The number of hydrogen-bond acceptors (Lipinski definition) is 12. The van der Waals surface area contributed by atoms with Crippen molar-refractivity contribution in [3.8, 4) is 0 Å². The first-order chi connectivity index (χ1) is 19.2. The number of anilines is 1. The summed E-state index contributed by atoms with van der Waals surface area (Å²) in [4.78, 5) is 60.2. The highest BCUT2D eigenvalue weighted by Gasteiger charge is 2.53. The first kappa shape index (κ1) is 26.8. The topological polar surface area (TPSA) is 226 Å². The van der Waals surface area contributed by atoms with Crippen molar-refractivity contribution in [2.24, 2.45) is 10.9 Å². The predicted octanol–water partition coefficient (Wildman–Crippen LogP) is -2.14. The average molecular weight is 584 g/mol. The van der Waals surface area contributed by atoms with Crippen molar-refractivity contribution in [1.29, 1.82) is 0 Å². The molecule has 0 aromatic carbocycles. The summed E-state index contributed by atoms with van der Waals surface area (Å²) < 4.78 is 1.65. The molecule has 15 nitrogen and oxygen atoms in total. The summed E-state index contributed by atoms with van der Waals surface area (Å²) in [5.41, 5.74) is 12.0. The predicted molar refractivity (Wildman–Crippen MR) is 139 cm³/mol. The number of carboxylic acid groups (broad SMARTS) is 1. The van der Waals surface area contributed by atoms with Gasteiger partial charge in [-0.25, -0.2) is 9.55 Å². The van der Waals surface area contributed by atoms with Crippen LogP contribution in [0.2, 0.25) is 0 Å². The van der Waals surface area contributed by atoms with E-state index in [9.17, 15) is 24.3 Å². The number of nitrogens with two attached hydrogens (primary N) is 2. The Kier molecular flexibility index (Phi) is 7.47. The Hall–Kier alpha value is -4.77. The normalized spacial score (nSPS) is 18.6. The molecular weight excluding hydrogens is 562 g/mol. The molecule has 0 bridgehead atoms. The van der Waals surface area contributed by atoms with Crippen LogP contribution in [-0.2, 0) is 32.4 Å². The molecule has 3 aromatic rings. The number of carbonyl (C=O) groups excluding carboxylic acids is 4. The largest absolute Gasteiger partial charge is 0.543 e. The van der Waals surface area contributed by atoms with E-state index in [1.54, 1.807) is 23.0 Å². The number of aliphatic carboxylic acids is 1. The van der Waals surface area contributed by atoms with Gasteiger partial charge in [0.05, 0.1) is 22.9 Å². The molecule has 0 aliphatic carbocycles. The lowest BCUT2D eigenvalue weighted by Gasteiger charge is -2.50. The number of oxime groups is 1. The second-order valence-corrected chi connectivity index (χ2v) is 10.6. The zero-order valence-electron chi connectivity index (χ0n) is 20.5. The maximum absolute atomic E-state index is 13.2. The summed E-state index contributed by atoms with van der Waals surface area (Å²) in [7, 11) is 0. The van der Waals surface area contributed by atoms with Crippen LogP contribution in [0.1, 0.15) is 21.7 Å². The number of nitrogen functional groups attached to an aromatic ring is 1. The molecule has 0 unspecified atom stereocenters. The number of aromatic amines is 1. The van der Waals surface area contributed by atoms with E-state index in [2.05, 4.69) is 25.7 Å². The van der Waals surface area contributed by atoms with Gasteiger partial charge in [-0.3, -0.25) is 24.4 Å². The fourth-order valence-corrected chi connectivity index (χ4v) is 5.97. The highest BCUT2D eigenvalue weighted by atomic mass is 32.2. The number of carboxylic acids is 1. The minimum atomic E-state index is -1.51. The van der Waals surface area contributed by atoms with Gasteiger partial charge in [-0.05, 0) is 6.07 Å². The summed E-state index contributed by atoms with van der Waals surface area (Å²) in [6.07, 6.45) is 4.70. The van der Waals surface area contributed by atoms with Crippen LogP contribution in [-0.4, -0.2) is 66.7 Å². The first-order valence-electron chi connectivity index (χ1n) is 11.6. The van der Waals surface area contributed by atoms with Gasteiger partial charge in [-0.2, -0.15) is 5.10 Å². The van der Waals surface area contributed by atoms with E-state index in [0.29, 0.717) is 16.8 Å². The van der Waals surface area contributed by atoms with Gasteiger partial charge in [0.2, 0.25) is 5.91 Å². The van der Waals surface area contributed by atoms with Crippen molar-refractivity contribution in [2.45, 2.75) is 24.6 Å². The number of amides is 3. The van der Waals surface area contributed by atoms with Crippen molar-refractivity contribution in [2.75, 3.05) is 11.5 Å². The Morgan fingerprint density at radius 1 is 1.30 bits per heavy atom. The first-order valence-corrected chi connectivity index (χ1v) is 13.5. The molecule has 0 spiro atoms. The second-order valence-electron chi connectivity index (χ2n) is 8.59. The SMILES string of the molecule is NC(=O)c1cc[n+](CC2=C(C(=O)[O-])N3C(=O)[C@@H](NC(=O)C(=NOCc4ccn[nH]4)c4csc(N)n4)[C@@H]3SC2)cc1. The highest BCUT2D eigenvalue weighted by molar-refractivity contribution is 8.00. The zero-order valence-corrected chi connectivity index (χ0v) is 22.1. The fourth-order valence-electron chi connectivity index (χ4n) is 4.08. The van der Waals surface area contributed by atoms with Gasteiger partial charge in [0.25, 0.3) is 11.8 Å². The molecule has 2 aliphatic heterocycles. The molecule has 5 rings (SSSR count). The Bertz CT molecular complexity index is 1530. The van der Waals surface area contributed by atoms with Gasteiger partial charge in [-0.1, -0.05) is 5.16 Å². The van der Waals surface area contributed by atoms with E-state index in [-0.39, 0.29) is 41.1 Å². The summed E-state index contributed by atoms with van der Waals surface area (Å²) in [5.74, 6) is -3.21. The van der Waals surface area contributed by atoms with Crippen LogP contribution in [0.15, 0.2) is 58.6 Å². The van der Waals surface area contributed by atoms with Crippen LogP contribution < -0.4 is 26.5 Å². The van der Waals surface area contributed by atoms with Crippen molar-refractivity contribution in [3.63, 3.8) is 0 Å². The number of carbonyl (C=O) groups is 4. The standard InChI is InChI=1S/C23H21N9O6S2/c24-18(33)11-2-5-31(6-3-11)7-12-9-39-21-16(20(35)32(21)17(12)22(36)37)28-19(34)15(14-10-40-23(25)27-14)30-38-8-13-1-4-26-29-13/h1-6,10,16,21H,7-9H2,(H6-,24,25,26,27,28,29,33,34,36,37)/t16-,21+/m1/s1. The van der Waals surface area contributed by atoms with Gasteiger partial charge in [0.1, 0.15) is 17.1 Å². The van der Waals surface area contributed by atoms with E-state index in [1.165, 1.54) is 35.5 Å². The number of hydrogen-bond donors (Lipinski definition) is 4. The molecule has 3 amide bonds. The van der Waals surface area contributed by atoms with Crippen LogP contribution in [0, 0.1) is 0 Å². The molecule has 5 heterocycles. The summed E-state index contributed by atoms with van der Waals surface area (Å²) in [6.45, 7) is 0.134.